The zero-order chi connectivity index (χ0) is 51.0. The Morgan fingerprint density at radius 2 is 1.08 bits per heavy atom. The third kappa shape index (κ3) is 12.4. The summed E-state index contributed by atoms with van der Waals surface area (Å²) in [5.41, 5.74) is 6.01. The molecule has 19 heteroatoms. The third-order valence-corrected chi connectivity index (χ3v) is 13.3. The van der Waals surface area contributed by atoms with E-state index in [1.165, 1.54) is 28.9 Å². The van der Waals surface area contributed by atoms with Crippen LogP contribution in [0.25, 0.3) is 20.7 Å². The van der Waals surface area contributed by atoms with Gasteiger partial charge in [-0.15, -0.1) is 22.7 Å². The van der Waals surface area contributed by atoms with Gasteiger partial charge in [0.15, 0.2) is 0 Å². The van der Waals surface area contributed by atoms with Crippen LogP contribution < -0.4 is 26.6 Å². The Labute approximate surface area is 421 Å². The Balaban J connectivity index is 0.000000209. The van der Waals surface area contributed by atoms with Crippen molar-refractivity contribution in [3.05, 3.63) is 158 Å². The van der Waals surface area contributed by atoms with Crippen molar-refractivity contribution in [1.29, 1.82) is 10.5 Å². The fourth-order valence-electron chi connectivity index (χ4n) is 6.77. The number of hydrogen-bond donors (Lipinski definition) is 6. The van der Waals surface area contributed by atoms with Gasteiger partial charge in [-0.1, -0.05) is 48.0 Å². The van der Waals surface area contributed by atoms with Crippen molar-refractivity contribution in [2.75, 3.05) is 39.7 Å². The number of aliphatic hydroxyl groups excluding tert-OH is 1. The maximum absolute atomic E-state index is 13.0. The lowest BCUT2D eigenvalue weighted by molar-refractivity contribution is 0.101. The molecule has 0 radical (unpaired) electrons. The summed E-state index contributed by atoms with van der Waals surface area (Å²) in [6.07, 6.45) is 2.99. The second kappa shape index (κ2) is 21.7. The summed E-state index contributed by atoms with van der Waals surface area (Å²) < 4.78 is 0. The number of thiophene rings is 2. The summed E-state index contributed by atoms with van der Waals surface area (Å²) in [6, 6.07) is 32.4. The van der Waals surface area contributed by atoms with Gasteiger partial charge in [0.2, 0.25) is 0 Å². The third-order valence-electron chi connectivity index (χ3n) is 11.1. The van der Waals surface area contributed by atoms with E-state index in [4.69, 9.17) is 16.7 Å². The zero-order valence-corrected chi connectivity index (χ0v) is 41.7. The van der Waals surface area contributed by atoms with Crippen LogP contribution in [-0.2, 0) is 10.8 Å². The van der Waals surface area contributed by atoms with Gasteiger partial charge in [0.05, 0.1) is 51.7 Å². The Hall–Kier alpha value is -8.13. The molecule has 0 saturated carbocycles. The molecule has 4 aromatic heterocycles. The van der Waals surface area contributed by atoms with E-state index >= 15 is 0 Å². The van der Waals surface area contributed by atoms with Gasteiger partial charge >= 0.3 is 0 Å². The van der Waals surface area contributed by atoms with Crippen LogP contribution in [0.5, 0.6) is 0 Å². The van der Waals surface area contributed by atoms with Crippen molar-refractivity contribution >= 4 is 107 Å². The first-order valence-corrected chi connectivity index (χ1v) is 23.9. The molecule has 8 rings (SSSR count). The van der Waals surface area contributed by atoms with Crippen LogP contribution >= 0.6 is 34.3 Å². The van der Waals surface area contributed by atoms with Gasteiger partial charge in [0, 0.05) is 40.4 Å². The molecule has 6 N–H and O–H groups in total. The van der Waals surface area contributed by atoms with Gasteiger partial charge in [-0.2, -0.15) is 10.5 Å². The fraction of sp³-hybridized carbons (Fsp3) is 0.192. The molecule has 0 fully saturated rings. The minimum Gasteiger partial charge on any atom is -0.395 e. The minimum atomic E-state index is -0.716. The number of aryl methyl sites for hydroxylation is 2. The predicted molar refractivity (Wildman–Crippen MR) is 280 cm³/mol. The first kappa shape index (κ1) is 50.7. The number of anilines is 5. The molecule has 4 heterocycles. The quantitative estimate of drug-likeness (QED) is 0.0631. The van der Waals surface area contributed by atoms with Crippen molar-refractivity contribution in [2.45, 2.75) is 52.4 Å². The van der Waals surface area contributed by atoms with E-state index in [9.17, 15) is 29.7 Å². The minimum absolute atomic E-state index is 0.0254. The average Bonchev–Trinajstić information content (AvgIpc) is 4.00. The monoisotopic (exact) mass is 1000 g/mol. The molecule has 358 valence electrons. The largest absolute Gasteiger partial charge is 0.395 e. The number of benzene rings is 4. The smallest absolute Gasteiger partial charge is 0.265 e. The Morgan fingerprint density at radius 3 is 1.55 bits per heavy atom. The average molecular weight is 1000 g/mol. The first-order valence-electron chi connectivity index (χ1n) is 21.9. The Kier molecular flexibility index (Phi) is 15.5. The number of nitrogens with one attached hydrogen (secondary N) is 5. The van der Waals surface area contributed by atoms with E-state index < -0.39 is 10.8 Å². The topological polar surface area (TPSA) is 248 Å². The molecule has 0 aliphatic heterocycles. The number of aliphatic hydroxyl groups is 1. The summed E-state index contributed by atoms with van der Waals surface area (Å²) in [4.78, 5) is 70.8. The Morgan fingerprint density at radius 1 is 0.620 bits per heavy atom. The molecular formula is C52H46ClN11O5S2. The highest BCUT2D eigenvalue weighted by atomic mass is 35.5. The van der Waals surface area contributed by atoms with Crippen LogP contribution in [0.1, 0.15) is 90.0 Å². The van der Waals surface area contributed by atoms with Crippen molar-refractivity contribution in [3.63, 3.8) is 0 Å². The van der Waals surface area contributed by atoms with Crippen molar-refractivity contribution in [2.24, 2.45) is 0 Å². The molecule has 0 saturated heterocycles. The van der Waals surface area contributed by atoms with E-state index in [-0.39, 0.29) is 35.4 Å². The second-order valence-electron chi connectivity index (χ2n) is 17.2. The van der Waals surface area contributed by atoms with Crippen LogP contribution in [0.4, 0.5) is 28.6 Å². The highest BCUT2D eigenvalue weighted by molar-refractivity contribution is 7.20. The summed E-state index contributed by atoms with van der Waals surface area (Å²) in [7, 11) is 0. The normalized spacial score (nSPS) is 11.1. The summed E-state index contributed by atoms with van der Waals surface area (Å²) >= 11 is 8.30. The molecule has 0 atom stereocenters. The van der Waals surface area contributed by atoms with Gasteiger partial charge in [-0.3, -0.25) is 24.2 Å². The molecule has 4 aromatic carbocycles. The van der Waals surface area contributed by atoms with E-state index in [1.54, 1.807) is 107 Å². The molecule has 0 bridgehead atoms. The number of carbonyl (C=O) groups is 4. The van der Waals surface area contributed by atoms with Crippen LogP contribution in [0.3, 0.4) is 0 Å². The van der Waals surface area contributed by atoms with Gasteiger partial charge in [-0.05, 0) is 124 Å². The van der Waals surface area contributed by atoms with E-state index in [0.29, 0.717) is 76.7 Å². The van der Waals surface area contributed by atoms with E-state index in [2.05, 4.69) is 58.7 Å². The molecule has 16 nitrogen and oxygen atoms in total. The lowest BCUT2D eigenvalue weighted by atomic mass is 9.85. The van der Waals surface area contributed by atoms with Crippen LogP contribution in [-0.4, -0.2) is 61.8 Å². The lowest BCUT2D eigenvalue weighted by Gasteiger charge is -2.17. The van der Waals surface area contributed by atoms with E-state index in [0.717, 1.165) is 22.3 Å². The summed E-state index contributed by atoms with van der Waals surface area (Å²) in [5.74, 6) is -0.720. The molecule has 8 aromatic rings. The van der Waals surface area contributed by atoms with E-state index in [1.807, 2.05) is 38.1 Å². The second-order valence-corrected chi connectivity index (χ2v) is 19.7. The predicted octanol–water partition coefficient (Wildman–Crippen LogP) is 10.7. The molecule has 0 spiro atoms. The number of amides is 4. The summed E-state index contributed by atoms with van der Waals surface area (Å²) in [6.45, 7) is 11.3. The number of hydrogen-bond acceptors (Lipinski definition) is 14. The Bertz CT molecular complexity index is 3450. The molecule has 0 aliphatic rings. The van der Waals surface area contributed by atoms with Crippen LogP contribution in [0.2, 0.25) is 5.15 Å². The number of nitrogens with zero attached hydrogens (tertiary/aromatic N) is 6. The number of fused-ring (bicyclic) bond motifs is 2. The van der Waals surface area contributed by atoms with Crippen LogP contribution in [0.15, 0.2) is 109 Å². The number of carbonyl (C=O) groups excluding carboxylic acids is 4. The lowest BCUT2D eigenvalue weighted by Crippen LogP contribution is -2.17. The SMILES string of the molecule is Cc1ccc(NC(=O)c2cccc(C(C)(C)C#N)c2)cc1NC(=O)c1cc2ncc(Cl)nc2s1.Cc1ccc(NC(=O)c2cccc(C(C)(C)C#N)c2)cc1NC(=O)c1cc2ncc(NCCO)nc2s1. The zero-order valence-electron chi connectivity index (χ0n) is 39.3. The van der Waals surface area contributed by atoms with Gasteiger partial charge in [0.25, 0.3) is 23.6 Å². The van der Waals surface area contributed by atoms with Gasteiger partial charge < -0.3 is 31.7 Å². The highest BCUT2D eigenvalue weighted by Gasteiger charge is 2.23. The number of halogens is 1. The van der Waals surface area contributed by atoms with Crippen molar-refractivity contribution in [3.8, 4) is 12.1 Å². The van der Waals surface area contributed by atoms with Crippen molar-refractivity contribution < 1.29 is 24.3 Å². The summed E-state index contributed by atoms with van der Waals surface area (Å²) in [5, 5.41) is 42.5. The standard InChI is InChI=1S/C27H26N6O3S.C25H20ClN5O2S/c1-16-7-8-19(31-24(35)17-5-4-6-18(11-17)27(2,3)15-28)12-20(16)32-25(36)22-13-21-26(37-22)33-23(14-30-21)29-9-10-34;1-14-7-8-17(29-22(32)15-5-4-6-16(9-15)25(2,3)13-27)10-18(14)30-23(33)20-11-19-24(34-20)31-21(26)12-28-19/h4-8,11-14,34H,9-10H2,1-3H3,(H,29,33)(H,31,35)(H,32,36);4-12H,1-3H3,(H,29,32)(H,30,33). The molecule has 71 heavy (non-hydrogen) atoms. The van der Waals surface area contributed by atoms with Gasteiger partial charge in [0.1, 0.15) is 31.7 Å². The first-order chi connectivity index (χ1) is 33.9. The number of nitriles is 2. The maximum Gasteiger partial charge on any atom is 0.265 e. The van der Waals surface area contributed by atoms with Crippen LogP contribution in [0, 0.1) is 36.5 Å². The highest BCUT2D eigenvalue weighted by Crippen LogP contribution is 2.30. The molecule has 4 amide bonds. The van der Waals surface area contributed by atoms with Gasteiger partial charge in [-0.25, -0.2) is 15.0 Å². The molecule has 0 aliphatic carbocycles. The molecular weight excluding hydrogens is 958 g/mol. The fourth-order valence-corrected chi connectivity index (χ4v) is 8.72. The number of rotatable bonds is 13. The number of aromatic nitrogens is 4. The van der Waals surface area contributed by atoms with Crippen molar-refractivity contribution in [1.82, 2.24) is 19.9 Å². The maximum atomic E-state index is 13.0. The molecule has 0 unspecified atom stereocenters.